The molecule has 1 aromatic carbocycles. The number of fused-ring (bicyclic) bond motifs is 1. The summed E-state index contributed by atoms with van der Waals surface area (Å²) in [5.41, 5.74) is 2.97. The van der Waals surface area contributed by atoms with Crippen LogP contribution in [-0.4, -0.2) is 16.3 Å². The van der Waals surface area contributed by atoms with E-state index in [0.717, 1.165) is 40.9 Å². The Hall–Kier alpha value is -1.33. The molecule has 0 saturated heterocycles. The maximum absolute atomic E-state index is 11.8. The highest BCUT2D eigenvalue weighted by atomic mass is 79.9. The number of nitrogens with one attached hydrogen (secondary N) is 2. The standard InChI is InChI=1S/C12H12BrN3O/c13-8-1-3-9(4-2-8)16-11-7-14-6-5-10(11)12(17)15-16/h1-4,14H,5-7H2,(H,15,17). The number of benzene rings is 1. The van der Waals surface area contributed by atoms with E-state index in [-0.39, 0.29) is 5.56 Å². The maximum atomic E-state index is 11.8. The van der Waals surface area contributed by atoms with Crippen LogP contribution < -0.4 is 10.9 Å². The average molecular weight is 294 g/mol. The van der Waals surface area contributed by atoms with Crippen LogP contribution in [0.5, 0.6) is 0 Å². The zero-order chi connectivity index (χ0) is 11.8. The molecule has 0 saturated carbocycles. The molecule has 0 aliphatic carbocycles. The molecule has 2 heterocycles. The Bertz CT molecular complexity index is 597. The van der Waals surface area contributed by atoms with Crippen LogP contribution in [0.15, 0.2) is 33.5 Å². The van der Waals surface area contributed by atoms with Crippen molar-refractivity contribution in [2.75, 3.05) is 6.54 Å². The second-order valence-corrected chi connectivity index (χ2v) is 5.02. The predicted octanol–water partition coefficient (Wildman–Crippen LogP) is 1.57. The number of halogens is 1. The van der Waals surface area contributed by atoms with Crippen LogP contribution in [0.25, 0.3) is 5.69 Å². The van der Waals surface area contributed by atoms with Crippen molar-refractivity contribution in [1.82, 2.24) is 15.1 Å². The summed E-state index contributed by atoms with van der Waals surface area (Å²) in [5.74, 6) is 0. The van der Waals surface area contributed by atoms with Gasteiger partial charge in [0.1, 0.15) is 0 Å². The van der Waals surface area contributed by atoms with Crippen molar-refractivity contribution in [2.24, 2.45) is 0 Å². The van der Waals surface area contributed by atoms with Gasteiger partial charge in [-0.1, -0.05) is 15.9 Å². The van der Waals surface area contributed by atoms with Crippen molar-refractivity contribution < 1.29 is 0 Å². The molecule has 3 rings (SSSR count). The van der Waals surface area contributed by atoms with Crippen LogP contribution in [0.3, 0.4) is 0 Å². The number of aromatic nitrogens is 2. The Morgan fingerprint density at radius 3 is 2.76 bits per heavy atom. The highest BCUT2D eigenvalue weighted by molar-refractivity contribution is 9.10. The van der Waals surface area contributed by atoms with Gasteiger partial charge in [0, 0.05) is 16.6 Å². The Labute approximate surface area is 107 Å². The molecule has 88 valence electrons. The minimum atomic E-state index is 0.0319. The monoisotopic (exact) mass is 293 g/mol. The van der Waals surface area contributed by atoms with Crippen molar-refractivity contribution in [1.29, 1.82) is 0 Å². The molecule has 1 aromatic heterocycles. The molecule has 0 atom stereocenters. The molecular formula is C12H12BrN3O. The van der Waals surface area contributed by atoms with Crippen LogP contribution >= 0.6 is 15.9 Å². The summed E-state index contributed by atoms with van der Waals surface area (Å²) < 4.78 is 2.90. The first kappa shape index (κ1) is 10.8. The second-order valence-electron chi connectivity index (χ2n) is 4.10. The number of hydrogen-bond donors (Lipinski definition) is 2. The van der Waals surface area contributed by atoms with E-state index >= 15 is 0 Å². The summed E-state index contributed by atoms with van der Waals surface area (Å²) >= 11 is 3.40. The Morgan fingerprint density at radius 2 is 2.00 bits per heavy atom. The van der Waals surface area contributed by atoms with Crippen molar-refractivity contribution in [2.45, 2.75) is 13.0 Å². The second kappa shape index (κ2) is 4.16. The summed E-state index contributed by atoms with van der Waals surface area (Å²) in [6.45, 7) is 1.62. The summed E-state index contributed by atoms with van der Waals surface area (Å²) in [4.78, 5) is 11.8. The van der Waals surface area contributed by atoms with Crippen molar-refractivity contribution in [3.05, 3.63) is 50.3 Å². The highest BCUT2D eigenvalue weighted by Crippen LogP contribution is 2.17. The van der Waals surface area contributed by atoms with Crippen LogP contribution in [-0.2, 0) is 13.0 Å². The van der Waals surface area contributed by atoms with Crippen molar-refractivity contribution in [3.63, 3.8) is 0 Å². The zero-order valence-electron chi connectivity index (χ0n) is 9.16. The first-order chi connectivity index (χ1) is 8.25. The predicted molar refractivity (Wildman–Crippen MR) is 69.5 cm³/mol. The Morgan fingerprint density at radius 1 is 1.24 bits per heavy atom. The molecule has 0 spiro atoms. The van der Waals surface area contributed by atoms with E-state index in [9.17, 15) is 4.79 Å². The van der Waals surface area contributed by atoms with Gasteiger partial charge in [0.15, 0.2) is 0 Å². The molecule has 2 aromatic rings. The fourth-order valence-electron chi connectivity index (χ4n) is 2.18. The number of H-pyrrole nitrogens is 1. The molecule has 0 fully saturated rings. The molecule has 1 aliphatic heterocycles. The molecule has 0 amide bonds. The van der Waals surface area contributed by atoms with Gasteiger partial charge < -0.3 is 5.32 Å². The van der Waals surface area contributed by atoms with Crippen LogP contribution in [0.4, 0.5) is 0 Å². The molecule has 5 heteroatoms. The van der Waals surface area contributed by atoms with Crippen molar-refractivity contribution in [3.8, 4) is 5.69 Å². The summed E-state index contributed by atoms with van der Waals surface area (Å²) in [5, 5.41) is 6.18. The van der Waals surface area contributed by atoms with E-state index in [1.165, 1.54) is 0 Å². The smallest absolute Gasteiger partial charge is 0.267 e. The lowest BCUT2D eigenvalue weighted by atomic mass is 10.1. The zero-order valence-corrected chi connectivity index (χ0v) is 10.8. The molecule has 1 aliphatic rings. The lowest BCUT2D eigenvalue weighted by molar-refractivity contribution is 0.614. The molecule has 17 heavy (non-hydrogen) atoms. The Balaban J connectivity index is 2.15. The highest BCUT2D eigenvalue weighted by Gasteiger charge is 2.18. The molecule has 4 nitrogen and oxygen atoms in total. The van der Waals surface area contributed by atoms with Gasteiger partial charge in [-0.05, 0) is 37.2 Å². The van der Waals surface area contributed by atoms with Gasteiger partial charge in [-0.25, -0.2) is 0 Å². The molecule has 0 radical (unpaired) electrons. The van der Waals surface area contributed by atoms with Crippen LogP contribution in [0, 0.1) is 0 Å². The minimum Gasteiger partial charge on any atom is -0.311 e. The summed E-state index contributed by atoms with van der Waals surface area (Å²) in [6.07, 6.45) is 0.800. The van der Waals surface area contributed by atoms with E-state index in [1.807, 2.05) is 28.9 Å². The van der Waals surface area contributed by atoms with E-state index < -0.39 is 0 Å². The number of rotatable bonds is 1. The van der Waals surface area contributed by atoms with Crippen LogP contribution in [0.2, 0.25) is 0 Å². The van der Waals surface area contributed by atoms with E-state index in [0.29, 0.717) is 0 Å². The van der Waals surface area contributed by atoms with Gasteiger partial charge >= 0.3 is 0 Å². The fourth-order valence-corrected chi connectivity index (χ4v) is 2.44. The number of nitrogens with zero attached hydrogens (tertiary/aromatic N) is 1. The molecule has 0 unspecified atom stereocenters. The quantitative estimate of drug-likeness (QED) is 0.839. The SMILES string of the molecule is O=c1[nH]n(-c2ccc(Br)cc2)c2c1CCNC2. The van der Waals surface area contributed by atoms with Gasteiger partial charge in [0.2, 0.25) is 0 Å². The first-order valence-electron chi connectivity index (χ1n) is 5.55. The molecule has 2 N–H and O–H groups in total. The van der Waals surface area contributed by atoms with E-state index in [2.05, 4.69) is 26.3 Å². The average Bonchev–Trinajstić information content (AvgIpc) is 2.69. The third kappa shape index (κ3) is 1.85. The third-order valence-corrected chi connectivity index (χ3v) is 3.56. The van der Waals surface area contributed by atoms with Crippen molar-refractivity contribution >= 4 is 15.9 Å². The normalized spacial score (nSPS) is 14.6. The Kier molecular flexibility index (Phi) is 2.64. The van der Waals surface area contributed by atoms with Gasteiger partial charge in [-0.2, -0.15) is 0 Å². The topological polar surface area (TPSA) is 49.8 Å². The maximum Gasteiger partial charge on any atom is 0.267 e. The fraction of sp³-hybridized carbons (Fsp3) is 0.250. The lowest BCUT2D eigenvalue weighted by Crippen LogP contribution is -2.26. The van der Waals surface area contributed by atoms with Gasteiger partial charge in [-0.3, -0.25) is 14.6 Å². The van der Waals surface area contributed by atoms with Crippen LogP contribution in [0.1, 0.15) is 11.3 Å². The van der Waals surface area contributed by atoms with E-state index in [1.54, 1.807) is 0 Å². The molecule has 0 bridgehead atoms. The third-order valence-electron chi connectivity index (χ3n) is 3.03. The summed E-state index contributed by atoms with van der Waals surface area (Å²) in [7, 11) is 0. The first-order valence-corrected chi connectivity index (χ1v) is 6.34. The molecular weight excluding hydrogens is 282 g/mol. The largest absolute Gasteiger partial charge is 0.311 e. The number of hydrogen-bond acceptors (Lipinski definition) is 2. The lowest BCUT2D eigenvalue weighted by Gasteiger charge is -2.15. The van der Waals surface area contributed by atoms with Gasteiger partial charge in [0.05, 0.1) is 11.4 Å². The number of aromatic amines is 1. The van der Waals surface area contributed by atoms with Gasteiger partial charge in [0.25, 0.3) is 5.56 Å². The summed E-state index contributed by atoms with van der Waals surface area (Å²) in [6, 6.07) is 7.90. The van der Waals surface area contributed by atoms with E-state index in [4.69, 9.17) is 0 Å². The minimum absolute atomic E-state index is 0.0319. The van der Waals surface area contributed by atoms with Gasteiger partial charge in [-0.15, -0.1) is 0 Å².